The van der Waals surface area contributed by atoms with Gasteiger partial charge in [0, 0.05) is 13.0 Å². The molecular formula is C20H19F3N2O3. The fourth-order valence-electron chi connectivity index (χ4n) is 3.15. The molecule has 8 heteroatoms. The predicted octanol–water partition coefficient (Wildman–Crippen LogP) is 4.10. The van der Waals surface area contributed by atoms with E-state index >= 15 is 0 Å². The van der Waals surface area contributed by atoms with Crippen molar-refractivity contribution < 1.29 is 27.5 Å². The van der Waals surface area contributed by atoms with Gasteiger partial charge < -0.3 is 15.0 Å². The Morgan fingerprint density at radius 1 is 1.18 bits per heavy atom. The molecule has 1 aliphatic rings. The van der Waals surface area contributed by atoms with Gasteiger partial charge in [0.2, 0.25) is 11.8 Å². The van der Waals surface area contributed by atoms with E-state index in [4.69, 9.17) is 4.74 Å². The molecule has 0 aromatic heterocycles. The van der Waals surface area contributed by atoms with Crippen LogP contribution in [-0.2, 0) is 15.8 Å². The minimum absolute atomic E-state index is 0.0724. The van der Waals surface area contributed by atoms with Crippen molar-refractivity contribution in [1.82, 2.24) is 0 Å². The molecule has 0 saturated carbocycles. The summed E-state index contributed by atoms with van der Waals surface area (Å²) in [4.78, 5) is 26.4. The van der Waals surface area contributed by atoms with Crippen LogP contribution in [0.5, 0.6) is 5.75 Å². The van der Waals surface area contributed by atoms with Crippen LogP contribution in [0.25, 0.3) is 0 Å². The summed E-state index contributed by atoms with van der Waals surface area (Å²) >= 11 is 0. The summed E-state index contributed by atoms with van der Waals surface area (Å²) in [6.07, 6.45) is -4.67. The topological polar surface area (TPSA) is 58.6 Å². The number of carbonyl (C=O) groups is 2. The van der Waals surface area contributed by atoms with Crippen molar-refractivity contribution >= 4 is 23.2 Å². The molecule has 1 atom stereocenters. The molecule has 2 aromatic carbocycles. The monoisotopic (exact) mass is 392 g/mol. The molecule has 0 unspecified atom stereocenters. The lowest BCUT2D eigenvalue weighted by molar-refractivity contribution is -0.137. The molecule has 2 aromatic rings. The highest BCUT2D eigenvalue weighted by molar-refractivity contribution is 6.04. The van der Waals surface area contributed by atoms with E-state index in [1.807, 2.05) is 6.92 Å². The molecular weight excluding hydrogens is 373 g/mol. The van der Waals surface area contributed by atoms with E-state index in [0.717, 1.165) is 6.07 Å². The number of ether oxygens (including phenoxy) is 1. The quantitative estimate of drug-likeness (QED) is 0.834. The summed E-state index contributed by atoms with van der Waals surface area (Å²) in [5.41, 5.74) is -0.702. The minimum Gasteiger partial charge on any atom is -0.492 e. The average molecular weight is 392 g/mol. The number of benzene rings is 2. The molecule has 28 heavy (non-hydrogen) atoms. The van der Waals surface area contributed by atoms with Crippen molar-refractivity contribution in [3.8, 4) is 5.75 Å². The summed E-state index contributed by atoms with van der Waals surface area (Å²) in [6.45, 7) is 2.30. The van der Waals surface area contributed by atoms with Gasteiger partial charge in [-0.1, -0.05) is 24.3 Å². The van der Waals surface area contributed by atoms with Gasteiger partial charge >= 0.3 is 6.18 Å². The second kappa shape index (κ2) is 7.92. The molecule has 1 aliphatic heterocycles. The molecule has 1 N–H and O–H groups in total. The zero-order chi connectivity index (χ0) is 20.3. The fraction of sp³-hybridized carbons (Fsp3) is 0.300. The first-order valence-corrected chi connectivity index (χ1v) is 8.80. The number of alkyl halides is 3. The summed E-state index contributed by atoms with van der Waals surface area (Å²) in [5, 5.41) is 2.32. The van der Waals surface area contributed by atoms with Crippen LogP contribution in [0, 0.1) is 5.92 Å². The van der Waals surface area contributed by atoms with Crippen LogP contribution in [0.2, 0.25) is 0 Å². The smallest absolute Gasteiger partial charge is 0.418 e. The highest BCUT2D eigenvalue weighted by atomic mass is 19.4. The van der Waals surface area contributed by atoms with Gasteiger partial charge in [-0.2, -0.15) is 13.2 Å². The average Bonchev–Trinajstić information content (AvgIpc) is 3.04. The van der Waals surface area contributed by atoms with Crippen molar-refractivity contribution in [2.45, 2.75) is 19.5 Å². The number of halogens is 3. The van der Waals surface area contributed by atoms with Gasteiger partial charge in [-0.25, -0.2) is 0 Å². The van der Waals surface area contributed by atoms with Crippen molar-refractivity contribution in [2.75, 3.05) is 23.4 Å². The third kappa shape index (κ3) is 4.11. The second-order valence-electron chi connectivity index (χ2n) is 6.34. The van der Waals surface area contributed by atoms with Crippen LogP contribution in [0.4, 0.5) is 24.5 Å². The Labute approximate surface area is 160 Å². The van der Waals surface area contributed by atoms with Crippen molar-refractivity contribution in [3.63, 3.8) is 0 Å². The largest absolute Gasteiger partial charge is 0.492 e. The summed E-state index contributed by atoms with van der Waals surface area (Å²) in [5.74, 6) is -1.15. The molecule has 0 spiro atoms. The van der Waals surface area contributed by atoms with Crippen molar-refractivity contribution in [2.24, 2.45) is 5.92 Å². The number of rotatable bonds is 5. The molecule has 148 valence electrons. The Kier molecular flexibility index (Phi) is 5.58. The number of carbonyl (C=O) groups excluding carboxylic acids is 2. The number of hydrogen-bond acceptors (Lipinski definition) is 3. The maximum absolute atomic E-state index is 13.1. The standard InChI is InChI=1S/C20H19F3N2O3/c1-2-28-17-10-6-5-9-16(17)25-12-13(11-18(25)26)19(27)24-15-8-4-3-7-14(15)20(21,22)23/h3-10,13H,2,11-12H2,1H3,(H,24,27)/t13-/m0/s1. The summed E-state index contributed by atoms with van der Waals surface area (Å²) in [6, 6.07) is 11.7. The van der Waals surface area contributed by atoms with Gasteiger partial charge in [-0.05, 0) is 31.2 Å². The lowest BCUT2D eigenvalue weighted by Gasteiger charge is -2.20. The molecule has 0 radical (unpaired) electrons. The van der Waals surface area contributed by atoms with Gasteiger partial charge in [-0.15, -0.1) is 0 Å². The minimum atomic E-state index is -4.59. The zero-order valence-corrected chi connectivity index (χ0v) is 15.1. The fourth-order valence-corrected chi connectivity index (χ4v) is 3.15. The van der Waals surface area contributed by atoms with Crippen molar-refractivity contribution in [3.05, 3.63) is 54.1 Å². The highest BCUT2D eigenvalue weighted by Crippen LogP contribution is 2.36. The van der Waals surface area contributed by atoms with Crippen LogP contribution in [-0.4, -0.2) is 25.0 Å². The van der Waals surface area contributed by atoms with Crippen LogP contribution in [0.3, 0.4) is 0 Å². The van der Waals surface area contributed by atoms with E-state index in [9.17, 15) is 22.8 Å². The summed E-state index contributed by atoms with van der Waals surface area (Å²) in [7, 11) is 0. The molecule has 3 rings (SSSR count). The first-order chi connectivity index (χ1) is 13.3. The number of amides is 2. The zero-order valence-electron chi connectivity index (χ0n) is 15.1. The summed E-state index contributed by atoms with van der Waals surface area (Å²) < 4.78 is 44.9. The van der Waals surface area contributed by atoms with Gasteiger partial charge in [0.15, 0.2) is 0 Å². The SMILES string of the molecule is CCOc1ccccc1N1C[C@@H](C(=O)Nc2ccccc2C(F)(F)F)CC1=O. The van der Waals surface area contributed by atoms with E-state index in [2.05, 4.69) is 5.32 Å². The van der Waals surface area contributed by atoms with Crippen molar-refractivity contribution in [1.29, 1.82) is 0 Å². The van der Waals surface area contributed by atoms with Crippen LogP contribution < -0.4 is 15.0 Å². The number of anilines is 2. The van der Waals surface area contributed by atoms with E-state index in [1.54, 1.807) is 24.3 Å². The van der Waals surface area contributed by atoms with Gasteiger partial charge in [0.05, 0.1) is 29.5 Å². The Balaban J connectivity index is 1.77. The third-order valence-corrected chi connectivity index (χ3v) is 4.44. The molecule has 1 heterocycles. The molecule has 0 aliphatic carbocycles. The lowest BCUT2D eigenvalue weighted by Crippen LogP contribution is -2.29. The predicted molar refractivity (Wildman–Crippen MR) is 98.1 cm³/mol. The van der Waals surface area contributed by atoms with E-state index in [-0.39, 0.29) is 24.6 Å². The van der Waals surface area contributed by atoms with Gasteiger partial charge in [-0.3, -0.25) is 9.59 Å². The van der Waals surface area contributed by atoms with Gasteiger partial charge in [0.25, 0.3) is 0 Å². The van der Waals surface area contributed by atoms with Crippen LogP contribution in [0.1, 0.15) is 18.9 Å². The third-order valence-electron chi connectivity index (χ3n) is 4.44. The number of nitrogens with zero attached hydrogens (tertiary/aromatic N) is 1. The van der Waals surface area contributed by atoms with Crippen LogP contribution >= 0.6 is 0 Å². The number of nitrogens with one attached hydrogen (secondary N) is 1. The molecule has 1 fully saturated rings. The molecule has 2 amide bonds. The lowest BCUT2D eigenvalue weighted by atomic mass is 10.1. The number of hydrogen-bond donors (Lipinski definition) is 1. The maximum atomic E-state index is 13.1. The Morgan fingerprint density at radius 3 is 2.57 bits per heavy atom. The van der Waals surface area contributed by atoms with E-state index in [1.165, 1.54) is 23.1 Å². The first-order valence-electron chi connectivity index (χ1n) is 8.80. The van der Waals surface area contributed by atoms with E-state index in [0.29, 0.717) is 18.0 Å². The highest BCUT2D eigenvalue weighted by Gasteiger charge is 2.38. The van der Waals surface area contributed by atoms with Crippen LogP contribution in [0.15, 0.2) is 48.5 Å². The normalized spacial score (nSPS) is 16.9. The Hall–Kier alpha value is -3.03. The maximum Gasteiger partial charge on any atom is 0.418 e. The Morgan fingerprint density at radius 2 is 1.86 bits per heavy atom. The molecule has 5 nitrogen and oxygen atoms in total. The first kappa shape index (κ1) is 19.7. The number of para-hydroxylation sites is 3. The molecule has 0 bridgehead atoms. The van der Waals surface area contributed by atoms with Gasteiger partial charge in [0.1, 0.15) is 5.75 Å². The second-order valence-corrected chi connectivity index (χ2v) is 6.34. The Bertz CT molecular complexity index is 883. The molecule has 1 saturated heterocycles. The van der Waals surface area contributed by atoms with E-state index < -0.39 is 23.6 Å².